The molecule has 2 aromatic carbocycles. The lowest BCUT2D eigenvalue weighted by molar-refractivity contribution is -0.387. The van der Waals surface area contributed by atoms with Crippen molar-refractivity contribution >= 4 is 34.1 Å². The van der Waals surface area contributed by atoms with E-state index in [9.17, 15) is 38.6 Å². The van der Waals surface area contributed by atoms with Gasteiger partial charge in [0.2, 0.25) is 11.6 Å². The summed E-state index contributed by atoms with van der Waals surface area (Å²) >= 11 is 5.03. The number of nitrogens with one attached hydrogen (secondary N) is 1. The fourth-order valence-electron chi connectivity index (χ4n) is 3.03. The Morgan fingerprint density at radius 2 is 1.30 bits per heavy atom. The second-order valence-corrected chi connectivity index (χ2v) is 7.73. The molecule has 0 unspecified atom stereocenters. The van der Waals surface area contributed by atoms with Gasteiger partial charge in [-0.2, -0.15) is 8.78 Å². The van der Waals surface area contributed by atoms with Gasteiger partial charge in [0.1, 0.15) is 0 Å². The van der Waals surface area contributed by atoms with Gasteiger partial charge >= 0.3 is 11.4 Å². The minimum Gasteiger partial charge on any atom is -0.379 e. The van der Waals surface area contributed by atoms with E-state index in [4.69, 9.17) is 21.1 Å². The number of nitro groups is 2. The highest BCUT2D eigenvalue weighted by Crippen LogP contribution is 2.20. The zero-order valence-corrected chi connectivity index (χ0v) is 20.1. The monoisotopic (exact) mass is 544 g/mol. The maximum Gasteiger partial charge on any atom is 0.304 e. The van der Waals surface area contributed by atoms with Crippen LogP contribution in [0.5, 0.6) is 0 Å². The number of nitrogens with zero attached hydrogens (tertiary/aromatic N) is 3. The Morgan fingerprint density at radius 1 is 0.838 bits per heavy atom. The Balaban J connectivity index is 0.000000220. The van der Waals surface area contributed by atoms with Gasteiger partial charge in [0, 0.05) is 49.4 Å². The van der Waals surface area contributed by atoms with Crippen LogP contribution in [0.25, 0.3) is 0 Å². The highest BCUT2D eigenvalue weighted by molar-refractivity contribution is 6.67. The van der Waals surface area contributed by atoms with Crippen molar-refractivity contribution in [3.8, 4) is 0 Å². The van der Waals surface area contributed by atoms with Crippen LogP contribution in [0.15, 0.2) is 36.4 Å². The molecule has 37 heavy (non-hydrogen) atoms. The number of hydrogen-bond acceptors (Lipinski definition) is 9. The first kappa shape index (κ1) is 29.6. The van der Waals surface area contributed by atoms with Crippen LogP contribution >= 0.6 is 11.6 Å². The molecule has 2 aliphatic rings. The predicted molar refractivity (Wildman–Crippen MR) is 127 cm³/mol. The number of carbonyl (C=O) groups excluding carboxylic acids is 2. The molecule has 0 atom stereocenters. The molecule has 2 fully saturated rings. The summed E-state index contributed by atoms with van der Waals surface area (Å²) in [5.41, 5.74) is -1.31. The average Bonchev–Trinajstić information content (AvgIpc) is 2.90. The minimum atomic E-state index is -1.07. The van der Waals surface area contributed by atoms with Crippen molar-refractivity contribution in [1.29, 1.82) is 0 Å². The molecule has 0 radical (unpaired) electrons. The SMILES string of the molecule is C1COCCN1.O=C(Cl)c1ccc([N+](=O)[O-])c(F)c1.O=C(c1ccc([N+](=O)[O-])c(F)c1)N1CCOCC1. The third-order valence-electron chi connectivity index (χ3n) is 4.91. The van der Waals surface area contributed by atoms with E-state index in [-0.39, 0.29) is 17.0 Å². The molecule has 0 bridgehead atoms. The Hall–Kier alpha value is -3.59. The smallest absolute Gasteiger partial charge is 0.304 e. The first-order valence-electron chi connectivity index (χ1n) is 10.8. The van der Waals surface area contributed by atoms with Crippen molar-refractivity contribution in [3.05, 3.63) is 79.4 Å². The number of nitro benzene ring substituents is 2. The Bertz CT molecular complexity index is 1120. The molecule has 1 amide bonds. The summed E-state index contributed by atoms with van der Waals surface area (Å²) in [6, 6.07) is 5.88. The molecule has 15 heteroatoms. The van der Waals surface area contributed by atoms with E-state index in [2.05, 4.69) is 5.32 Å². The van der Waals surface area contributed by atoms with Gasteiger partial charge in [0.25, 0.3) is 11.1 Å². The fraction of sp³-hybridized carbons (Fsp3) is 0.364. The number of carbonyl (C=O) groups is 2. The normalized spacial score (nSPS) is 14.8. The number of morpholine rings is 2. The van der Waals surface area contributed by atoms with Crippen LogP contribution in [0, 0.1) is 31.9 Å². The molecule has 0 aliphatic carbocycles. The van der Waals surface area contributed by atoms with Crippen LogP contribution in [0.2, 0.25) is 0 Å². The van der Waals surface area contributed by atoms with Crippen LogP contribution in [-0.4, -0.2) is 78.5 Å². The first-order chi connectivity index (χ1) is 17.6. The summed E-state index contributed by atoms with van der Waals surface area (Å²) in [5, 5.41) is 22.9. The lowest BCUT2D eigenvalue weighted by atomic mass is 10.1. The fourth-order valence-corrected chi connectivity index (χ4v) is 3.15. The summed E-state index contributed by atoms with van der Waals surface area (Å²) in [5.74, 6) is -2.41. The molecule has 12 nitrogen and oxygen atoms in total. The first-order valence-corrected chi connectivity index (χ1v) is 11.2. The minimum absolute atomic E-state index is 0.107. The van der Waals surface area contributed by atoms with Crippen molar-refractivity contribution in [3.63, 3.8) is 0 Å². The van der Waals surface area contributed by atoms with Crippen LogP contribution in [0.3, 0.4) is 0 Å². The summed E-state index contributed by atoms with van der Waals surface area (Å²) in [6.07, 6.45) is 0. The predicted octanol–water partition coefficient (Wildman–Crippen LogP) is 2.93. The van der Waals surface area contributed by atoms with E-state index in [1.54, 1.807) is 0 Å². The molecule has 4 rings (SSSR count). The van der Waals surface area contributed by atoms with Crippen LogP contribution in [-0.2, 0) is 9.47 Å². The standard InChI is InChI=1S/C11H11FN2O4.C7H3ClFNO3.C4H9NO/c12-9-7-8(1-2-10(9)14(16)17)11(15)13-3-5-18-6-4-13;8-7(11)4-1-2-6(10(12)13)5(9)3-4;1-3-6-4-2-5-1/h1-2,7H,3-6H2;1-3H;5H,1-4H2. The zero-order chi connectivity index (χ0) is 27.4. The van der Waals surface area contributed by atoms with E-state index in [0.717, 1.165) is 56.6 Å². The molecular formula is C22H23ClF2N4O8. The van der Waals surface area contributed by atoms with Crippen molar-refractivity contribution in [2.45, 2.75) is 0 Å². The van der Waals surface area contributed by atoms with Gasteiger partial charge < -0.3 is 19.7 Å². The number of ether oxygens (including phenoxy) is 2. The summed E-state index contributed by atoms with van der Waals surface area (Å²) in [7, 11) is 0. The van der Waals surface area contributed by atoms with Crippen molar-refractivity contribution in [2.75, 3.05) is 52.6 Å². The van der Waals surface area contributed by atoms with Crippen molar-refractivity contribution in [1.82, 2.24) is 10.2 Å². The molecule has 1 N–H and O–H groups in total. The van der Waals surface area contributed by atoms with Crippen molar-refractivity contribution < 1.29 is 37.7 Å². The van der Waals surface area contributed by atoms with Crippen LogP contribution in [0.4, 0.5) is 20.2 Å². The number of benzene rings is 2. The molecular weight excluding hydrogens is 522 g/mol. The lowest BCUT2D eigenvalue weighted by Crippen LogP contribution is -2.40. The van der Waals surface area contributed by atoms with Crippen LogP contribution in [0.1, 0.15) is 20.7 Å². The number of halogens is 3. The molecule has 0 aromatic heterocycles. The summed E-state index contributed by atoms with van der Waals surface area (Å²) in [4.78, 5) is 42.9. The molecule has 0 spiro atoms. The van der Waals surface area contributed by atoms with Gasteiger partial charge in [-0.25, -0.2) is 0 Å². The second-order valence-electron chi connectivity index (χ2n) is 7.39. The Kier molecular flexibility index (Phi) is 11.9. The molecule has 2 aromatic rings. The van der Waals surface area contributed by atoms with Gasteiger partial charge in [-0.3, -0.25) is 29.8 Å². The van der Waals surface area contributed by atoms with E-state index in [1.807, 2.05) is 0 Å². The topological polar surface area (TPSA) is 154 Å². The maximum atomic E-state index is 13.4. The van der Waals surface area contributed by atoms with Gasteiger partial charge in [-0.15, -0.1) is 0 Å². The molecule has 0 saturated carbocycles. The molecule has 2 saturated heterocycles. The van der Waals surface area contributed by atoms with E-state index in [0.29, 0.717) is 26.3 Å². The number of hydrogen-bond donors (Lipinski definition) is 1. The zero-order valence-electron chi connectivity index (χ0n) is 19.4. The summed E-state index contributed by atoms with van der Waals surface area (Å²) < 4.78 is 36.3. The third-order valence-corrected chi connectivity index (χ3v) is 5.13. The van der Waals surface area contributed by atoms with Gasteiger partial charge in [-0.1, -0.05) is 0 Å². The number of amides is 1. The van der Waals surface area contributed by atoms with E-state index >= 15 is 0 Å². The Morgan fingerprint density at radius 3 is 1.68 bits per heavy atom. The molecule has 2 aliphatic heterocycles. The third kappa shape index (κ3) is 9.42. The average molecular weight is 545 g/mol. The molecule has 200 valence electrons. The highest BCUT2D eigenvalue weighted by atomic mass is 35.5. The van der Waals surface area contributed by atoms with Crippen molar-refractivity contribution in [2.24, 2.45) is 0 Å². The number of rotatable bonds is 4. The van der Waals surface area contributed by atoms with Gasteiger partial charge in [-0.05, 0) is 35.9 Å². The Labute approximate surface area is 214 Å². The largest absolute Gasteiger partial charge is 0.379 e. The second kappa shape index (κ2) is 14.8. The quantitative estimate of drug-likeness (QED) is 0.347. The van der Waals surface area contributed by atoms with Crippen LogP contribution < -0.4 is 5.32 Å². The van der Waals surface area contributed by atoms with Gasteiger partial charge in [0.05, 0.1) is 36.3 Å². The lowest BCUT2D eigenvalue weighted by Gasteiger charge is -2.26. The van der Waals surface area contributed by atoms with E-state index < -0.39 is 38.1 Å². The maximum absolute atomic E-state index is 13.4. The van der Waals surface area contributed by atoms with Gasteiger partial charge in [0.15, 0.2) is 0 Å². The summed E-state index contributed by atoms with van der Waals surface area (Å²) in [6.45, 7) is 5.61. The highest BCUT2D eigenvalue weighted by Gasteiger charge is 2.22. The van der Waals surface area contributed by atoms with E-state index in [1.165, 1.54) is 11.0 Å². The molecule has 2 heterocycles.